The molecule has 198 valence electrons. The smallest absolute Gasteiger partial charge is 0.165 e. The number of para-hydroxylation sites is 1. The average molecular weight is 586 g/mol. The summed E-state index contributed by atoms with van der Waals surface area (Å²) in [6.45, 7) is 4.20. The molecule has 0 unspecified atom stereocenters. The van der Waals surface area contributed by atoms with Crippen molar-refractivity contribution in [3.8, 4) is 28.1 Å². The lowest BCUT2D eigenvalue weighted by molar-refractivity contribution is 0.0911. The molecule has 1 aliphatic rings. The Kier molecular flexibility index (Phi) is 5.83. The zero-order valence-electron chi connectivity index (χ0n) is 21.7. The molecule has 40 heavy (non-hydrogen) atoms. The molecule has 0 radical (unpaired) electrons. The Morgan fingerprint density at radius 1 is 0.875 bits per heavy atom. The van der Waals surface area contributed by atoms with Crippen molar-refractivity contribution in [3.63, 3.8) is 0 Å². The van der Waals surface area contributed by atoms with Crippen LogP contribution in [0.15, 0.2) is 72.9 Å². The third-order valence-electron chi connectivity index (χ3n) is 7.57. The number of nitrogens with zero attached hydrogens (tertiary/aromatic N) is 3. The summed E-state index contributed by atoms with van der Waals surface area (Å²) in [6, 6.07) is 21.0. The van der Waals surface area contributed by atoms with E-state index in [0.717, 1.165) is 44.4 Å². The number of carbonyl (C=O) groups excluding carboxylic acids is 1. The summed E-state index contributed by atoms with van der Waals surface area (Å²) < 4.78 is 1.84. The fourth-order valence-electron chi connectivity index (χ4n) is 5.84. The lowest BCUT2D eigenvalue weighted by Gasteiger charge is -2.31. The highest BCUT2D eigenvalue weighted by atomic mass is 35.5. The molecule has 0 atom stereocenters. The predicted octanol–water partition coefficient (Wildman–Crippen LogP) is 9.35. The maximum absolute atomic E-state index is 13.9. The van der Waals surface area contributed by atoms with E-state index in [1.165, 1.54) is 0 Å². The van der Waals surface area contributed by atoms with E-state index in [9.17, 15) is 4.79 Å². The van der Waals surface area contributed by atoms with Crippen molar-refractivity contribution in [1.29, 1.82) is 0 Å². The first-order chi connectivity index (χ1) is 19.2. The van der Waals surface area contributed by atoms with E-state index < -0.39 is 0 Å². The van der Waals surface area contributed by atoms with E-state index in [1.54, 1.807) is 12.1 Å². The van der Waals surface area contributed by atoms with Crippen LogP contribution in [0.4, 0.5) is 0 Å². The molecule has 3 aromatic carbocycles. The third-order valence-corrected chi connectivity index (χ3v) is 8.37. The number of aromatic amines is 1. The van der Waals surface area contributed by atoms with Crippen LogP contribution in [0.2, 0.25) is 15.1 Å². The van der Waals surface area contributed by atoms with Crippen LogP contribution in [-0.2, 0) is 6.42 Å². The molecule has 0 aliphatic heterocycles. The third kappa shape index (κ3) is 4.03. The molecule has 0 saturated heterocycles. The van der Waals surface area contributed by atoms with Crippen LogP contribution in [-0.4, -0.2) is 25.5 Å². The van der Waals surface area contributed by atoms with Crippen LogP contribution in [0.1, 0.15) is 36.3 Å². The predicted molar refractivity (Wildman–Crippen MR) is 163 cm³/mol. The van der Waals surface area contributed by atoms with Gasteiger partial charge in [0, 0.05) is 60.8 Å². The maximum Gasteiger partial charge on any atom is 0.165 e. The number of hydrogen-bond acceptors (Lipinski definition) is 3. The first kappa shape index (κ1) is 25.3. The van der Waals surface area contributed by atoms with Crippen LogP contribution in [0.3, 0.4) is 0 Å². The van der Waals surface area contributed by atoms with E-state index >= 15 is 0 Å². The highest BCUT2D eigenvalue weighted by Gasteiger charge is 2.37. The number of benzene rings is 3. The van der Waals surface area contributed by atoms with Crippen molar-refractivity contribution in [2.24, 2.45) is 5.41 Å². The second kappa shape index (κ2) is 9.20. The number of pyridine rings is 1. The van der Waals surface area contributed by atoms with Gasteiger partial charge in [0.2, 0.25) is 0 Å². The summed E-state index contributed by atoms with van der Waals surface area (Å²) in [7, 11) is 0. The van der Waals surface area contributed by atoms with Gasteiger partial charge in [0.25, 0.3) is 0 Å². The highest BCUT2D eigenvalue weighted by molar-refractivity contribution is 6.37. The lowest BCUT2D eigenvalue weighted by Crippen LogP contribution is -2.28. The first-order valence-electron chi connectivity index (χ1n) is 13.0. The summed E-state index contributed by atoms with van der Waals surface area (Å²) in [6.07, 6.45) is 3.02. The molecule has 0 spiro atoms. The molecule has 1 aliphatic carbocycles. The Hall–Kier alpha value is -3.64. The van der Waals surface area contributed by atoms with Crippen molar-refractivity contribution in [2.45, 2.75) is 26.7 Å². The number of fused-ring (bicyclic) bond motifs is 3. The van der Waals surface area contributed by atoms with Gasteiger partial charge < -0.3 is 4.98 Å². The van der Waals surface area contributed by atoms with Gasteiger partial charge in [0.15, 0.2) is 11.4 Å². The largest absolute Gasteiger partial charge is 0.360 e. The summed E-state index contributed by atoms with van der Waals surface area (Å²) >= 11 is 19.4. The van der Waals surface area contributed by atoms with Crippen LogP contribution in [0.5, 0.6) is 0 Å². The number of carbonyl (C=O) groups is 1. The molecule has 3 aromatic heterocycles. The standard InChI is InChI=1S/C32H23Cl3N4O/c1-32(2)14-25-28(26(40)15-32)27(21-12-9-18(34)13-23(21)35)29-30(22-16-36-24-6-4-3-5-20(22)24)38-39(31(29)37-25)19-10-7-17(33)8-11-19/h3-13,16,36H,14-15H2,1-2H3. The Morgan fingerprint density at radius 2 is 1.62 bits per heavy atom. The summed E-state index contributed by atoms with van der Waals surface area (Å²) in [5.74, 6) is 0.0470. The van der Waals surface area contributed by atoms with Crippen LogP contribution >= 0.6 is 34.8 Å². The van der Waals surface area contributed by atoms with Gasteiger partial charge in [0.05, 0.1) is 16.8 Å². The van der Waals surface area contributed by atoms with Crippen molar-refractivity contribution in [3.05, 3.63) is 99.3 Å². The second-order valence-electron chi connectivity index (χ2n) is 11.1. The number of ketones is 1. The van der Waals surface area contributed by atoms with E-state index in [1.807, 2.05) is 59.4 Å². The number of halogens is 3. The highest BCUT2D eigenvalue weighted by Crippen LogP contribution is 2.47. The Labute approximate surface area is 245 Å². The van der Waals surface area contributed by atoms with E-state index in [4.69, 9.17) is 44.9 Å². The topological polar surface area (TPSA) is 63.6 Å². The van der Waals surface area contributed by atoms with E-state index in [-0.39, 0.29) is 11.2 Å². The normalized spacial score (nSPS) is 14.7. The zero-order valence-corrected chi connectivity index (χ0v) is 24.0. The molecule has 0 bridgehead atoms. The number of Topliss-reactive ketones (excluding diaryl/α,β-unsaturated/α-hetero) is 1. The maximum atomic E-state index is 13.9. The van der Waals surface area contributed by atoms with Gasteiger partial charge in [0.1, 0.15) is 5.69 Å². The van der Waals surface area contributed by atoms with Crippen molar-refractivity contribution in [2.75, 3.05) is 0 Å². The van der Waals surface area contributed by atoms with Gasteiger partial charge in [-0.15, -0.1) is 0 Å². The Balaban J connectivity index is 1.68. The quantitative estimate of drug-likeness (QED) is 0.225. The minimum atomic E-state index is -0.226. The molecule has 8 heteroatoms. The Morgan fingerprint density at radius 3 is 2.40 bits per heavy atom. The molecule has 6 aromatic rings. The van der Waals surface area contributed by atoms with Crippen molar-refractivity contribution >= 4 is 62.5 Å². The molecule has 7 rings (SSSR count). The molecular weight excluding hydrogens is 563 g/mol. The van der Waals surface area contributed by atoms with E-state index in [0.29, 0.717) is 44.8 Å². The zero-order chi connectivity index (χ0) is 27.8. The summed E-state index contributed by atoms with van der Waals surface area (Å²) in [5.41, 5.74) is 6.64. The monoisotopic (exact) mass is 584 g/mol. The van der Waals surface area contributed by atoms with Crippen LogP contribution in [0, 0.1) is 5.41 Å². The van der Waals surface area contributed by atoms with Crippen LogP contribution in [0.25, 0.3) is 50.0 Å². The van der Waals surface area contributed by atoms with Gasteiger partial charge in [-0.1, -0.05) is 72.9 Å². The SMILES string of the molecule is CC1(C)CC(=O)c2c(nc3c(c(-c4c[nH]c5ccccc45)nn3-c3ccc(Cl)cc3)c2-c2ccc(Cl)cc2Cl)C1. The molecule has 1 N–H and O–H groups in total. The molecule has 3 heterocycles. The fraction of sp³-hybridized carbons (Fsp3) is 0.156. The number of H-pyrrole nitrogens is 1. The molecule has 0 saturated carbocycles. The number of rotatable bonds is 3. The molecular formula is C32H23Cl3N4O. The second-order valence-corrected chi connectivity index (χ2v) is 12.3. The number of aromatic nitrogens is 4. The van der Waals surface area contributed by atoms with Crippen molar-refractivity contribution < 1.29 is 4.79 Å². The fourth-order valence-corrected chi connectivity index (χ4v) is 6.47. The van der Waals surface area contributed by atoms with Crippen molar-refractivity contribution in [1.82, 2.24) is 19.7 Å². The minimum absolute atomic E-state index is 0.0470. The molecule has 0 amide bonds. The van der Waals surface area contributed by atoms with Gasteiger partial charge in [-0.25, -0.2) is 9.67 Å². The van der Waals surface area contributed by atoms with E-state index in [2.05, 4.69) is 24.9 Å². The lowest BCUT2D eigenvalue weighted by atomic mass is 9.73. The summed E-state index contributed by atoms with van der Waals surface area (Å²) in [5, 5.41) is 8.55. The summed E-state index contributed by atoms with van der Waals surface area (Å²) in [4.78, 5) is 22.4. The molecule has 5 nitrogen and oxygen atoms in total. The van der Waals surface area contributed by atoms with Gasteiger partial charge >= 0.3 is 0 Å². The van der Waals surface area contributed by atoms with Gasteiger partial charge in [-0.05, 0) is 54.3 Å². The number of nitrogens with one attached hydrogen (secondary N) is 1. The first-order valence-corrected chi connectivity index (χ1v) is 14.1. The van der Waals surface area contributed by atoms with Crippen LogP contribution < -0.4 is 0 Å². The average Bonchev–Trinajstić information content (AvgIpc) is 3.49. The van der Waals surface area contributed by atoms with Gasteiger partial charge in [-0.3, -0.25) is 4.79 Å². The minimum Gasteiger partial charge on any atom is -0.360 e. The van der Waals surface area contributed by atoms with Gasteiger partial charge in [-0.2, -0.15) is 5.10 Å². The molecule has 0 fully saturated rings. The Bertz CT molecular complexity index is 1990. The number of hydrogen-bond donors (Lipinski definition) is 1.